The molecule has 3 amide bonds. The van der Waals surface area contributed by atoms with Crippen LogP contribution in [-0.2, 0) is 14.3 Å². The van der Waals surface area contributed by atoms with E-state index >= 15 is 0 Å². The molecule has 10 heteroatoms. The fourth-order valence-electron chi connectivity index (χ4n) is 2.45. The summed E-state index contributed by atoms with van der Waals surface area (Å²) in [6.45, 7) is 1.95. The Labute approximate surface area is 178 Å². The zero-order valence-corrected chi connectivity index (χ0v) is 16.9. The maximum absolute atomic E-state index is 12.0. The van der Waals surface area contributed by atoms with E-state index in [-0.39, 0.29) is 29.8 Å². The molecule has 0 heterocycles. The Hall–Kier alpha value is -4.08. The number of esters is 1. The number of ether oxygens (including phenoxy) is 3. The summed E-state index contributed by atoms with van der Waals surface area (Å²) in [7, 11) is 0. The average molecular weight is 429 g/mol. The Kier molecular flexibility index (Phi) is 8.38. The molecule has 0 fully saturated rings. The standard InChI is InChI=1S/C21H23N3O7/c1-2-29-16-3-5-17(6-4-16)30-8-7-19(26)31-12-18(25)24-15-10-13(20(22)27)9-14(11-15)21(23)28/h3-6,9-11H,2,7-8,12H2,1H3,(H2,22,27)(H2,23,28)(H,24,25). The van der Waals surface area contributed by atoms with E-state index in [0.717, 1.165) is 0 Å². The van der Waals surface area contributed by atoms with Gasteiger partial charge in [0, 0.05) is 16.8 Å². The summed E-state index contributed by atoms with van der Waals surface area (Å²) in [5.74, 6) is -1.61. The van der Waals surface area contributed by atoms with Crippen LogP contribution in [0.4, 0.5) is 5.69 Å². The summed E-state index contributed by atoms with van der Waals surface area (Å²) in [5.41, 5.74) is 10.5. The number of carbonyl (C=O) groups is 4. The lowest BCUT2D eigenvalue weighted by Crippen LogP contribution is -2.23. The molecule has 0 saturated carbocycles. The topological polar surface area (TPSA) is 160 Å². The highest BCUT2D eigenvalue weighted by molar-refractivity contribution is 6.02. The molecule has 0 radical (unpaired) electrons. The molecular weight excluding hydrogens is 406 g/mol. The van der Waals surface area contributed by atoms with Crippen LogP contribution < -0.4 is 26.3 Å². The molecule has 0 aliphatic rings. The predicted octanol–water partition coefficient (Wildman–Crippen LogP) is 1.23. The van der Waals surface area contributed by atoms with Crippen LogP contribution in [0.3, 0.4) is 0 Å². The van der Waals surface area contributed by atoms with Crippen molar-refractivity contribution in [3.05, 3.63) is 53.6 Å². The van der Waals surface area contributed by atoms with Crippen molar-refractivity contribution < 1.29 is 33.4 Å². The molecule has 31 heavy (non-hydrogen) atoms. The molecule has 2 rings (SSSR count). The second-order valence-electron chi connectivity index (χ2n) is 6.24. The van der Waals surface area contributed by atoms with Crippen molar-refractivity contribution in [1.29, 1.82) is 0 Å². The van der Waals surface area contributed by atoms with Crippen LogP contribution >= 0.6 is 0 Å². The highest BCUT2D eigenvalue weighted by atomic mass is 16.5. The molecule has 164 valence electrons. The second kappa shape index (κ2) is 11.2. The zero-order valence-electron chi connectivity index (χ0n) is 16.9. The molecule has 0 saturated heterocycles. The number of anilines is 1. The van der Waals surface area contributed by atoms with Gasteiger partial charge in [0.25, 0.3) is 5.91 Å². The Morgan fingerprint density at radius 2 is 1.42 bits per heavy atom. The van der Waals surface area contributed by atoms with Gasteiger partial charge in [-0.05, 0) is 49.4 Å². The van der Waals surface area contributed by atoms with Crippen molar-refractivity contribution in [2.24, 2.45) is 11.5 Å². The lowest BCUT2D eigenvalue weighted by Gasteiger charge is -2.10. The maximum atomic E-state index is 12.0. The van der Waals surface area contributed by atoms with Crippen molar-refractivity contribution in [3.63, 3.8) is 0 Å². The fourth-order valence-corrected chi connectivity index (χ4v) is 2.45. The first kappa shape index (κ1) is 23.2. The molecule has 0 bridgehead atoms. The lowest BCUT2D eigenvalue weighted by atomic mass is 10.1. The number of hydrogen-bond donors (Lipinski definition) is 3. The summed E-state index contributed by atoms with van der Waals surface area (Å²) < 4.78 is 15.6. The molecule has 2 aromatic rings. The molecule has 0 aromatic heterocycles. The average Bonchev–Trinajstić information content (AvgIpc) is 2.73. The minimum Gasteiger partial charge on any atom is -0.494 e. The maximum Gasteiger partial charge on any atom is 0.309 e. The van der Waals surface area contributed by atoms with Crippen molar-refractivity contribution in [2.75, 3.05) is 25.1 Å². The van der Waals surface area contributed by atoms with Crippen LogP contribution in [0.5, 0.6) is 11.5 Å². The first-order valence-corrected chi connectivity index (χ1v) is 9.34. The van der Waals surface area contributed by atoms with Gasteiger partial charge in [0.15, 0.2) is 6.61 Å². The number of rotatable bonds is 11. The van der Waals surface area contributed by atoms with Crippen molar-refractivity contribution in [1.82, 2.24) is 0 Å². The number of amides is 3. The van der Waals surface area contributed by atoms with Gasteiger partial charge in [-0.25, -0.2) is 0 Å². The normalized spacial score (nSPS) is 10.1. The number of carbonyl (C=O) groups excluding carboxylic acids is 4. The van der Waals surface area contributed by atoms with Crippen molar-refractivity contribution >= 4 is 29.4 Å². The van der Waals surface area contributed by atoms with Crippen molar-refractivity contribution in [3.8, 4) is 11.5 Å². The monoisotopic (exact) mass is 429 g/mol. The Morgan fingerprint density at radius 3 is 1.94 bits per heavy atom. The minimum absolute atomic E-state index is 0.00460. The Balaban J connectivity index is 1.78. The summed E-state index contributed by atoms with van der Waals surface area (Å²) in [6, 6.07) is 10.7. The van der Waals surface area contributed by atoms with E-state index in [2.05, 4.69) is 5.32 Å². The molecular formula is C21H23N3O7. The molecule has 0 unspecified atom stereocenters. The third-order valence-electron chi connectivity index (χ3n) is 3.86. The van der Waals surface area contributed by atoms with Crippen LogP contribution in [0.1, 0.15) is 34.1 Å². The zero-order chi connectivity index (χ0) is 22.8. The second-order valence-corrected chi connectivity index (χ2v) is 6.24. The summed E-state index contributed by atoms with van der Waals surface area (Å²) in [4.78, 5) is 46.5. The number of hydrogen-bond acceptors (Lipinski definition) is 7. The van der Waals surface area contributed by atoms with Crippen molar-refractivity contribution in [2.45, 2.75) is 13.3 Å². The highest BCUT2D eigenvalue weighted by Crippen LogP contribution is 2.18. The summed E-state index contributed by atoms with van der Waals surface area (Å²) in [5, 5.41) is 2.41. The van der Waals surface area contributed by atoms with Gasteiger partial charge in [-0.3, -0.25) is 19.2 Å². The minimum atomic E-state index is -0.794. The number of primary amides is 2. The lowest BCUT2D eigenvalue weighted by molar-refractivity contribution is -0.147. The Morgan fingerprint density at radius 1 is 0.871 bits per heavy atom. The van der Waals surface area contributed by atoms with E-state index in [1.54, 1.807) is 24.3 Å². The van der Waals surface area contributed by atoms with Gasteiger partial charge in [0.2, 0.25) is 11.8 Å². The van der Waals surface area contributed by atoms with Gasteiger partial charge in [-0.2, -0.15) is 0 Å². The molecule has 0 spiro atoms. The van der Waals surface area contributed by atoms with Crippen LogP contribution in [0.2, 0.25) is 0 Å². The van der Waals surface area contributed by atoms with Crippen LogP contribution in [0.25, 0.3) is 0 Å². The quantitative estimate of drug-likeness (QED) is 0.453. The number of nitrogens with one attached hydrogen (secondary N) is 1. The number of benzene rings is 2. The predicted molar refractivity (Wildman–Crippen MR) is 111 cm³/mol. The molecule has 0 aliphatic carbocycles. The van der Waals surface area contributed by atoms with Gasteiger partial charge >= 0.3 is 5.97 Å². The van der Waals surface area contributed by atoms with Crippen LogP contribution in [0, 0.1) is 0 Å². The third-order valence-corrected chi connectivity index (χ3v) is 3.86. The molecule has 10 nitrogen and oxygen atoms in total. The van der Waals surface area contributed by atoms with E-state index in [1.807, 2.05) is 6.92 Å². The number of nitrogens with two attached hydrogens (primary N) is 2. The molecule has 2 aromatic carbocycles. The van der Waals surface area contributed by atoms with Gasteiger partial charge in [0.1, 0.15) is 11.5 Å². The van der Waals surface area contributed by atoms with Gasteiger partial charge < -0.3 is 31.0 Å². The van der Waals surface area contributed by atoms with Gasteiger partial charge in [-0.15, -0.1) is 0 Å². The van der Waals surface area contributed by atoms with E-state index < -0.39 is 30.3 Å². The molecule has 0 aliphatic heterocycles. The van der Waals surface area contributed by atoms with E-state index in [9.17, 15) is 19.2 Å². The smallest absolute Gasteiger partial charge is 0.309 e. The highest BCUT2D eigenvalue weighted by Gasteiger charge is 2.12. The SMILES string of the molecule is CCOc1ccc(OCCC(=O)OCC(=O)Nc2cc(C(N)=O)cc(C(N)=O)c2)cc1. The largest absolute Gasteiger partial charge is 0.494 e. The molecule has 5 N–H and O–H groups in total. The van der Waals surface area contributed by atoms with E-state index in [1.165, 1.54) is 18.2 Å². The van der Waals surface area contributed by atoms with Crippen LogP contribution in [0.15, 0.2) is 42.5 Å². The first-order chi connectivity index (χ1) is 14.8. The van der Waals surface area contributed by atoms with E-state index in [4.69, 9.17) is 25.7 Å². The fraction of sp³-hybridized carbons (Fsp3) is 0.238. The van der Waals surface area contributed by atoms with Crippen LogP contribution in [-0.4, -0.2) is 43.5 Å². The first-order valence-electron chi connectivity index (χ1n) is 9.34. The third kappa shape index (κ3) is 7.69. The van der Waals surface area contributed by atoms with E-state index in [0.29, 0.717) is 18.1 Å². The summed E-state index contributed by atoms with van der Waals surface area (Å²) >= 11 is 0. The van der Waals surface area contributed by atoms with Gasteiger partial charge in [-0.1, -0.05) is 0 Å². The van der Waals surface area contributed by atoms with Gasteiger partial charge in [0.05, 0.1) is 19.6 Å². The molecule has 0 atom stereocenters. The summed E-state index contributed by atoms with van der Waals surface area (Å²) in [6.07, 6.45) is -0.0660. The Bertz CT molecular complexity index is 926.